The first-order chi connectivity index (χ1) is 4.95. The van der Waals surface area contributed by atoms with E-state index in [2.05, 4.69) is 43.7 Å². The van der Waals surface area contributed by atoms with Gasteiger partial charge >= 0.3 is 5.90 Å². The number of hydrogen-bond donors (Lipinski definition) is 0. The molecule has 0 aromatic heterocycles. The third kappa shape index (κ3) is 0.627. The Bertz CT molecular complexity index is 228. The van der Waals surface area contributed by atoms with Gasteiger partial charge in [-0.3, -0.25) is 0 Å². The van der Waals surface area contributed by atoms with Crippen molar-refractivity contribution < 1.29 is 4.37 Å². The first kappa shape index (κ1) is 7.01. The predicted octanol–water partition coefficient (Wildman–Crippen LogP) is 1.76. The van der Waals surface area contributed by atoms with Crippen LogP contribution < -0.4 is 0 Å². The number of rotatable bonds is 0. The molecule has 0 saturated carbocycles. The summed E-state index contributed by atoms with van der Waals surface area (Å²) in [6.07, 6.45) is 1.90. The molecule has 60 valence electrons. The maximum absolute atomic E-state index is 4.53. The van der Waals surface area contributed by atoms with Gasteiger partial charge in [-0.15, -0.1) is 0 Å². The SMILES string of the molecule is CC1(C)N=C2[CH+][C-2][O+]2C1(C)C. The van der Waals surface area contributed by atoms with Gasteiger partial charge in [-0.2, -0.15) is 4.99 Å². The van der Waals surface area contributed by atoms with E-state index in [1.54, 1.807) is 0 Å². The molecule has 0 amide bonds. The summed E-state index contributed by atoms with van der Waals surface area (Å²) in [6, 6.07) is 0. The van der Waals surface area contributed by atoms with Gasteiger partial charge in [-0.25, -0.2) is 0 Å². The van der Waals surface area contributed by atoms with E-state index in [-0.39, 0.29) is 11.1 Å². The fourth-order valence-electron chi connectivity index (χ4n) is 1.32. The summed E-state index contributed by atoms with van der Waals surface area (Å²) in [7, 11) is 0. The highest BCUT2D eigenvalue weighted by molar-refractivity contribution is 5.96. The van der Waals surface area contributed by atoms with Crippen molar-refractivity contribution in [2.45, 2.75) is 38.8 Å². The Morgan fingerprint density at radius 3 is 2.18 bits per heavy atom. The number of hydrogen-bond acceptors (Lipinski definition) is 1. The Hall–Kier alpha value is -0.660. The van der Waals surface area contributed by atoms with Crippen molar-refractivity contribution in [3.63, 3.8) is 0 Å². The molecule has 2 aliphatic heterocycles. The Labute approximate surface area is 68.0 Å². The highest BCUT2D eigenvalue weighted by Gasteiger charge is 2.53. The minimum Gasteiger partial charge on any atom is -0.778 e. The van der Waals surface area contributed by atoms with Crippen LogP contribution in [0.5, 0.6) is 0 Å². The minimum atomic E-state index is -0.0208. The molecule has 0 N–H and O–H groups in total. The molecular weight excluding hydrogens is 138 g/mol. The molecule has 0 unspecified atom stereocenters. The number of aliphatic imine (C=N–C) groups is 1. The normalized spacial score (nSPS) is 30.2. The van der Waals surface area contributed by atoms with Crippen molar-refractivity contribution in [3.8, 4) is 0 Å². The zero-order valence-corrected chi connectivity index (χ0v) is 7.43. The third-order valence-electron chi connectivity index (χ3n) is 2.88. The molecule has 1 saturated heterocycles. The maximum atomic E-state index is 4.53. The highest BCUT2D eigenvalue weighted by Crippen LogP contribution is 2.47. The predicted molar refractivity (Wildman–Crippen MR) is 44.2 cm³/mol. The summed E-state index contributed by atoms with van der Waals surface area (Å²) in [5.74, 6) is 1.00. The molecule has 0 spiro atoms. The average molecular weight is 151 g/mol. The Morgan fingerprint density at radius 2 is 2.00 bits per heavy atom. The summed E-state index contributed by atoms with van der Waals surface area (Å²) in [5, 5.41) is 0. The fourth-order valence-corrected chi connectivity index (χ4v) is 1.32. The molecule has 2 nitrogen and oxygen atoms in total. The number of fused-ring (bicyclic) bond motifs is 1. The van der Waals surface area contributed by atoms with Gasteiger partial charge in [-0.1, -0.05) is 0 Å². The van der Waals surface area contributed by atoms with Crippen molar-refractivity contribution in [3.05, 3.63) is 13.0 Å². The molecule has 0 aliphatic carbocycles. The largest absolute Gasteiger partial charge is 0.778 e. The second-order valence-electron chi connectivity index (χ2n) is 4.09. The summed E-state index contributed by atoms with van der Waals surface area (Å²) < 4.78 is 2.93. The minimum absolute atomic E-state index is 0.0110. The van der Waals surface area contributed by atoms with E-state index in [9.17, 15) is 0 Å². The number of nitrogens with zero attached hydrogens (tertiary/aromatic N) is 1. The fraction of sp³-hybridized carbons (Fsp3) is 0.667. The van der Waals surface area contributed by atoms with Crippen LogP contribution in [0.2, 0.25) is 0 Å². The first-order valence-corrected chi connectivity index (χ1v) is 3.89. The quantitative estimate of drug-likeness (QED) is 0.370. The molecule has 1 fully saturated rings. The molecule has 2 rings (SSSR count). The van der Waals surface area contributed by atoms with E-state index in [1.807, 2.05) is 6.42 Å². The molecule has 2 aliphatic rings. The van der Waals surface area contributed by atoms with E-state index in [0.717, 1.165) is 5.90 Å². The van der Waals surface area contributed by atoms with Gasteiger partial charge in [0.25, 0.3) is 0 Å². The lowest BCUT2D eigenvalue weighted by molar-refractivity contribution is -0.121. The smallest absolute Gasteiger partial charge is 0.418 e. The van der Waals surface area contributed by atoms with Crippen LogP contribution in [0, 0.1) is 13.0 Å². The van der Waals surface area contributed by atoms with Crippen molar-refractivity contribution in [2.75, 3.05) is 0 Å². The van der Waals surface area contributed by atoms with Crippen molar-refractivity contribution in [1.29, 1.82) is 0 Å². The molecular formula is C9H13NO. The Balaban J connectivity index is 2.39. The van der Waals surface area contributed by atoms with Crippen LogP contribution in [0.4, 0.5) is 0 Å². The molecule has 0 radical (unpaired) electrons. The Morgan fingerprint density at radius 1 is 1.36 bits per heavy atom. The van der Waals surface area contributed by atoms with Gasteiger partial charge in [0.05, 0.1) is 0 Å². The summed E-state index contributed by atoms with van der Waals surface area (Å²) in [6.45, 7) is 11.6. The lowest BCUT2D eigenvalue weighted by atomic mass is 9.87. The van der Waals surface area contributed by atoms with Crippen LogP contribution in [0.25, 0.3) is 0 Å². The molecule has 0 aromatic carbocycles. The molecule has 11 heavy (non-hydrogen) atoms. The second kappa shape index (κ2) is 1.57. The van der Waals surface area contributed by atoms with Crippen LogP contribution in [-0.2, 0) is 4.37 Å². The van der Waals surface area contributed by atoms with Gasteiger partial charge < -0.3 is 11.0 Å². The van der Waals surface area contributed by atoms with Crippen LogP contribution in [0.15, 0.2) is 4.99 Å². The first-order valence-electron chi connectivity index (χ1n) is 3.89. The summed E-state index contributed by atoms with van der Waals surface area (Å²) >= 11 is 0. The highest BCUT2D eigenvalue weighted by atomic mass is 16.7. The van der Waals surface area contributed by atoms with E-state index in [0.29, 0.717) is 0 Å². The molecule has 0 bridgehead atoms. The van der Waals surface area contributed by atoms with Crippen molar-refractivity contribution in [1.82, 2.24) is 0 Å². The molecule has 0 atom stereocenters. The third-order valence-corrected chi connectivity index (χ3v) is 2.88. The van der Waals surface area contributed by atoms with Gasteiger partial charge in [0, 0.05) is 13.8 Å². The van der Waals surface area contributed by atoms with Crippen LogP contribution in [-0.4, -0.2) is 17.0 Å². The van der Waals surface area contributed by atoms with Crippen molar-refractivity contribution >= 4 is 5.90 Å². The van der Waals surface area contributed by atoms with E-state index < -0.39 is 0 Å². The summed E-state index contributed by atoms with van der Waals surface area (Å²) in [4.78, 5) is 4.53. The second-order valence-corrected chi connectivity index (χ2v) is 4.09. The average Bonchev–Trinajstić information content (AvgIpc) is 1.87. The van der Waals surface area contributed by atoms with Crippen LogP contribution in [0.1, 0.15) is 27.7 Å². The molecule has 2 heterocycles. The van der Waals surface area contributed by atoms with Gasteiger partial charge in [0.15, 0.2) is 5.60 Å². The van der Waals surface area contributed by atoms with Gasteiger partial charge in [0.1, 0.15) is 5.54 Å². The summed E-state index contributed by atoms with van der Waals surface area (Å²) in [5.41, 5.74) is -0.00984. The van der Waals surface area contributed by atoms with Gasteiger partial charge in [0.2, 0.25) is 0 Å². The van der Waals surface area contributed by atoms with E-state index in [1.165, 1.54) is 0 Å². The lowest BCUT2D eigenvalue weighted by Crippen LogP contribution is -2.50. The van der Waals surface area contributed by atoms with Crippen LogP contribution in [0.3, 0.4) is 0 Å². The lowest BCUT2D eigenvalue weighted by Gasteiger charge is -2.59. The maximum Gasteiger partial charge on any atom is 0.418 e. The zero-order chi connectivity index (χ0) is 8.28. The van der Waals surface area contributed by atoms with Crippen molar-refractivity contribution in [2.24, 2.45) is 4.99 Å². The topological polar surface area (TPSA) is 15.1 Å². The molecule has 0 aromatic rings. The van der Waals surface area contributed by atoms with E-state index in [4.69, 9.17) is 0 Å². The van der Waals surface area contributed by atoms with Crippen LogP contribution >= 0.6 is 0 Å². The standard InChI is InChI=1S/C9H13NO/c1-8(2)9(3,4)11-6-5-7(11)10-8/h5H,1-4H3. The van der Waals surface area contributed by atoms with E-state index >= 15 is 0 Å². The zero-order valence-electron chi connectivity index (χ0n) is 7.43. The van der Waals surface area contributed by atoms with Gasteiger partial charge in [-0.05, 0) is 20.3 Å². The Kier molecular flexibility index (Phi) is 1.00. The molecule has 2 heteroatoms. The monoisotopic (exact) mass is 151 g/mol.